The number of anilines is 1. The molecule has 0 aliphatic carbocycles. The molecule has 0 heterocycles. The molecule has 2 aromatic rings. The molecule has 140 valence electrons. The highest BCUT2D eigenvalue weighted by Crippen LogP contribution is 2.19. The second-order valence-electron chi connectivity index (χ2n) is 6.31. The van der Waals surface area contributed by atoms with Gasteiger partial charge in [-0.15, -0.1) is 0 Å². The normalized spacial score (nSPS) is 10.8. The molecule has 4 heteroatoms. The first kappa shape index (κ1) is 20.0. The molecule has 0 aliphatic rings. The minimum atomic E-state index is 0.115. The first-order valence-corrected chi connectivity index (χ1v) is 9.39. The lowest BCUT2D eigenvalue weighted by molar-refractivity contribution is -0.118. The highest BCUT2D eigenvalue weighted by molar-refractivity contribution is 5.92. The van der Waals surface area contributed by atoms with Crippen molar-refractivity contribution in [3.8, 4) is 5.75 Å². The Bertz CT molecular complexity index is 652. The maximum absolute atomic E-state index is 12.4. The van der Waals surface area contributed by atoms with E-state index in [2.05, 4.69) is 30.9 Å². The number of ether oxygens (including phenoxy) is 1. The smallest absolute Gasteiger partial charge is 0.227 e. The van der Waals surface area contributed by atoms with Crippen LogP contribution in [0.15, 0.2) is 54.6 Å². The number of aryl methyl sites for hydroxylation is 1. The van der Waals surface area contributed by atoms with Crippen molar-refractivity contribution in [1.82, 2.24) is 4.90 Å². The number of hydrogen-bond acceptors (Lipinski definition) is 3. The minimum Gasteiger partial charge on any atom is -0.492 e. The molecule has 2 rings (SSSR count). The fraction of sp³-hybridized carbons (Fsp3) is 0.409. The van der Waals surface area contributed by atoms with Crippen LogP contribution in [0.3, 0.4) is 0 Å². The van der Waals surface area contributed by atoms with Gasteiger partial charge in [-0.05, 0) is 49.3 Å². The van der Waals surface area contributed by atoms with E-state index >= 15 is 0 Å². The van der Waals surface area contributed by atoms with E-state index in [1.807, 2.05) is 49.5 Å². The number of likely N-dealkylation sites (N-methyl/N-ethyl adjacent to an activating group) is 1. The zero-order valence-corrected chi connectivity index (χ0v) is 16.1. The van der Waals surface area contributed by atoms with Gasteiger partial charge in [0.25, 0.3) is 0 Å². The molecule has 0 radical (unpaired) electrons. The molecule has 2 aromatic carbocycles. The Kier molecular flexibility index (Phi) is 8.16. The zero-order chi connectivity index (χ0) is 18.8. The third-order valence-electron chi connectivity index (χ3n) is 4.64. The summed E-state index contributed by atoms with van der Waals surface area (Å²) in [6.07, 6.45) is 1.26. The molecular formula is C22H30N2O2. The minimum absolute atomic E-state index is 0.115. The molecule has 0 saturated carbocycles. The van der Waals surface area contributed by atoms with E-state index in [-0.39, 0.29) is 5.91 Å². The summed E-state index contributed by atoms with van der Waals surface area (Å²) < 4.78 is 5.80. The summed E-state index contributed by atoms with van der Waals surface area (Å²) in [4.78, 5) is 16.4. The molecule has 26 heavy (non-hydrogen) atoms. The van der Waals surface area contributed by atoms with E-state index < -0.39 is 0 Å². The molecule has 0 N–H and O–H groups in total. The van der Waals surface area contributed by atoms with Crippen molar-refractivity contribution in [3.05, 3.63) is 60.2 Å². The molecule has 0 saturated heterocycles. The predicted molar refractivity (Wildman–Crippen MR) is 108 cm³/mol. The van der Waals surface area contributed by atoms with Crippen LogP contribution < -0.4 is 9.64 Å². The molecule has 0 aliphatic heterocycles. The van der Waals surface area contributed by atoms with E-state index in [0.29, 0.717) is 13.0 Å². The summed E-state index contributed by atoms with van der Waals surface area (Å²) in [7, 11) is 1.82. The van der Waals surface area contributed by atoms with Crippen LogP contribution in [0.1, 0.15) is 25.8 Å². The fourth-order valence-corrected chi connectivity index (χ4v) is 2.81. The quantitative estimate of drug-likeness (QED) is 0.646. The Hall–Kier alpha value is -2.33. The van der Waals surface area contributed by atoms with Crippen LogP contribution in [0.2, 0.25) is 0 Å². The lowest BCUT2D eigenvalue weighted by atomic mass is 10.1. The molecule has 0 unspecified atom stereocenters. The summed E-state index contributed by atoms with van der Waals surface area (Å²) in [6, 6.07) is 17.8. The third kappa shape index (κ3) is 6.19. The molecule has 0 atom stereocenters. The van der Waals surface area contributed by atoms with Gasteiger partial charge >= 0.3 is 0 Å². The van der Waals surface area contributed by atoms with E-state index in [0.717, 1.165) is 37.5 Å². The summed E-state index contributed by atoms with van der Waals surface area (Å²) in [5.74, 6) is 0.954. The largest absolute Gasteiger partial charge is 0.492 e. The SMILES string of the molecule is CCN(CC)CCOc1ccc(N(C)C(=O)CCc2ccccc2)cc1. The van der Waals surface area contributed by atoms with Gasteiger partial charge in [0.05, 0.1) is 0 Å². The molecule has 0 aromatic heterocycles. The Morgan fingerprint density at radius 3 is 2.23 bits per heavy atom. The van der Waals surface area contributed by atoms with Crippen LogP contribution in [-0.4, -0.2) is 44.1 Å². The summed E-state index contributed by atoms with van der Waals surface area (Å²) in [6.45, 7) is 7.98. The second kappa shape index (κ2) is 10.6. The number of hydrogen-bond donors (Lipinski definition) is 0. The highest BCUT2D eigenvalue weighted by atomic mass is 16.5. The van der Waals surface area contributed by atoms with Crippen LogP contribution in [0.4, 0.5) is 5.69 Å². The number of nitrogens with zero attached hydrogens (tertiary/aromatic N) is 2. The summed E-state index contributed by atoms with van der Waals surface area (Å²) >= 11 is 0. The van der Waals surface area contributed by atoms with Crippen molar-refractivity contribution in [1.29, 1.82) is 0 Å². The predicted octanol–water partition coefficient (Wildman–Crippen LogP) is 4.00. The van der Waals surface area contributed by atoms with Crippen LogP contribution >= 0.6 is 0 Å². The van der Waals surface area contributed by atoms with Crippen molar-refractivity contribution < 1.29 is 9.53 Å². The van der Waals surface area contributed by atoms with Gasteiger partial charge in [-0.3, -0.25) is 4.79 Å². The topological polar surface area (TPSA) is 32.8 Å². The number of carbonyl (C=O) groups excluding carboxylic acids is 1. The molecule has 1 amide bonds. The molecular weight excluding hydrogens is 324 g/mol. The van der Waals surface area contributed by atoms with Crippen LogP contribution in [-0.2, 0) is 11.2 Å². The van der Waals surface area contributed by atoms with Crippen molar-refractivity contribution in [3.63, 3.8) is 0 Å². The lowest BCUT2D eigenvalue weighted by Crippen LogP contribution is -2.28. The van der Waals surface area contributed by atoms with Gasteiger partial charge in [-0.2, -0.15) is 0 Å². The first-order chi connectivity index (χ1) is 12.6. The lowest BCUT2D eigenvalue weighted by Gasteiger charge is -2.19. The van der Waals surface area contributed by atoms with Crippen LogP contribution in [0.5, 0.6) is 5.75 Å². The van der Waals surface area contributed by atoms with Gasteiger partial charge in [-0.25, -0.2) is 0 Å². The molecule has 0 bridgehead atoms. The number of benzene rings is 2. The molecule has 4 nitrogen and oxygen atoms in total. The highest BCUT2D eigenvalue weighted by Gasteiger charge is 2.11. The van der Waals surface area contributed by atoms with E-state index in [1.54, 1.807) is 4.90 Å². The fourth-order valence-electron chi connectivity index (χ4n) is 2.81. The van der Waals surface area contributed by atoms with Crippen molar-refractivity contribution in [2.75, 3.05) is 38.2 Å². The average molecular weight is 354 g/mol. The monoisotopic (exact) mass is 354 g/mol. The Labute approximate surface area is 157 Å². The summed E-state index contributed by atoms with van der Waals surface area (Å²) in [5, 5.41) is 0. The molecule has 0 spiro atoms. The summed E-state index contributed by atoms with van der Waals surface area (Å²) in [5.41, 5.74) is 2.07. The van der Waals surface area contributed by atoms with Gasteiger partial charge in [0, 0.05) is 25.7 Å². The van der Waals surface area contributed by atoms with E-state index in [1.165, 1.54) is 5.56 Å². The van der Waals surface area contributed by atoms with Crippen LogP contribution in [0, 0.1) is 0 Å². The number of carbonyl (C=O) groups is 1. The van der Waals surface area contributed by atoms with Gasteiger partial charge < -0.3 is 14.5 Å². The van der Waals surface area contributed by atoms with Crippen molar-refractivity contribution >= 4 is 11.6 Å². The Morgan fingerprint density at radius 2 is 1.62 bits per heavy atom. The van der Waals surface area contributed by atoms with Gasteiger partial charge in [0.15, 0.2) is 0 Å². The Balaban J connectivity index is 1.81. The number of rotatable bonds is 10. The third-order valence-corrected chi connectivity index (χ3v) is 4.64. The zero-order valence-electron chi connectivity index (χ0n) is 16.1. The second-order valence-corrected chi connectivity index (χ2v) is 6.31. The van der Waals surface area contributed by atoms with Gasteiger partial charge in [-0.1, -0.05) is 44.2 Å². The Morgan fingerprint density at radius 1 is 0.962 bits per heavy atom. The van der Waals surface area contributed by atoms with E-state index in [9.17, 15) is 4.79 Å². The average Bonchev–Trinajstić information content (AvgIpc) is 2.70. The molecule has 0 fully saturated rings. The van der Waals surface area contributed by atoms with E-state index in [4.69, 9.17) is 4.74 Å². The van der Waals surface area contributed by atoms with Gasteiger partial charge in [0.1, 0.15) is 12.4 Å². The van der Waals surface area contributed by atoms with Crippen molar-refractivity contribution in [2.24, 2.45) is 0 Å². The number of amides is 1. The van der Waals surface area contributed by atoms with Crippen molar-refractivity contribution in [2.45, 2.75) is 26.7 Å². The maximum atomic E-state index is 12.4. The van der Waals surface area contributed by atoms with Gasteiger partial charge in [0.2, 0.25) is 5.91 Å². The first-order valence-electron chi connectivity index (χ1n) is 9.39. The maximum Gasteiger partial charge on any atom is 0.227 e. The standard InChI is InChI=1S/C22H30N2O2/c1-4-24(5-2)17-18-26-21-14-12-20(13-15-21)23(3)22(25)16-11-19-9-7-6-8-10-19/h6-10,12-15H,4-5,11,16-18H2,1-3H3. The van der Waals surface area contributed by atoms with Crippen LogP contribution in [0.25, 0.3) is 0 Å².